The number of likely N-dealkylation sites (tertiary alicyclic amines) is 2. The Balaban J connectivity index is 0.00000111. The minimum Gasteiger partial charge on any atom is -0.385 e. The van der Waals surface area contributed by atoms with Crippen molar-refractivity contribution in [2.75, 3.05) is 40.5 Å². The first-order valence-corrected chi connectivity index (χ1v) is 33.5. The third-order valence-electron chi connectivity index (χ3n) is 17.2. The van der Waals surface area contributed by atoms with E-state index < -0.39 is 34.0 Å². The molecule has 7 nitrogen and oxygen atoms in total. The van der Waals surface area contributed by atoms with Crippen molar-refractivity contribution in [2.45, 2.75) is 200 Å². The summed E-state index contributed by atoms with van der Waals surface area (Å²) in [7, 11) is 1.00. The predicted octanol–water partition coefficient (Wildman–Crippen LogP) is 18.2. The Hall–Kier alpha value is -5.37. The molecule has 2 aliphatic heterocycles. The average molecular weight is 1390 g/mol. The molecule has 0 radical (unpaired) electrons. The van der Waals surface area contributed by atoms with E-state index in [4.69, 9.17) is 0 Å². The van der Waals surface area contributed by atoms with Crippen LogP contribution in [0.1, 0.15) is 197 Å². The molecule has 0 bridgehead atoms. The molecule has 12 rings (SSSR count). The maximum Gasteiger partial charge on any atom is 1.00 e. The van der Waals surface area contributed by atoms with E-state index in [1.807, 2.05) is 72.8 Å². The van der Waals surface area contributed by atoms with Gasteiger partial charge in [0, 0.05) is 67.7 Å². The molecule has 3 aliphatic carbocycles. The maximum atomic E-state index is 13.5. The second-order valence-electron chi connectivity index (χ2n) is 24.0. The van der Waals surface area contributed by atoms with Crippen molar-refractivity contribution in [3.8, 4) is 0 Å². The minimum absolute atomic E-state index is 0. The number of hydrogen-bond donors (Lipinski definition) is 4. The zero-order chi connectivity index (χ0) is 67.1. The summed E-state index contributed by atoms with van der Waals surface area (Å²) in [5, 5.41) is 41.6. The van der Waals surface area contributed by atoms with Crippen LogP contribution in [-0.2, 0) is 40.3 Å². The van der Waals surface area contributed by atoms with Crippen molar-refractivity contribution in [1.82, 2.24) is 9.80 Å². The summed E-state index contributed by atoms with van der Waals surface area (Å²) in [6, 6.07) is 57.8. The van der Waals surface area contributed by atoms with Crippen LogP contribution >= 0.6 is 15.9 Å². The van der Waals surface area contributed by atoms with E-state index in [0.717, 1.165) is 157 Å². The number of alkyl halides is 2. The number of nitrogens with zero attached hydrogens (tertiary/aromatic N) is 2. The molecular formula is C81H112BrF6LiN2O5. The van der Waals surface area contributed by atoms with Gasteiger partial charge in [-0.05, 0) is 110 Å². The van der Waals surface area contributed by atoms with E-state index in [1.165, 1.54) is 54.3 Å². The van der Waals surface area contributed by atoms with Crippen LogP contribution < -0.4 is 18.9 Å². The number of carbonyl (C=O) groups is 1. The molecule has 3 saturated carbocycles. The summed E-state index contributed by atoms with van der Waals surface area (Å²) in [6.07, 6.45) is 18.6. The number of benzene rings is 7. The van der Waals surface area contributed by atoms with E-state index in [9.17, 15) is 51.6 Å². The molecule has 7 aromatic rings. The molecule has 526 valence electrons. The molecule has 2 saturated heterocycles. The number of ketones is 1. The molecule has 4 N–H and O–H groups in total. The zero-order valence-electron chi connectivity index (χ0n) is 55.4. The van der Waals surface area contributed by atoms with Crippen molar-refractivity contribution in [3.63, 3.8) is 0 Å². The second kappa shape index (κ2) is 50.0. The number of carbonyl (C=O) groups excluding carboxylic acids is 1. The van der Waals surface area contributed by atoms with Crippen molar-refractivity contribution < 1.29 is 70.4 Å². The van der Waals surface area contributed by atoms with Gasteiger partial charge in [0.05, 0.1) is 36.8 Å². The third kappa shape index (κ3) is 31.7. The SMILES string of the molecule is Brc1ccccc1.C.C.C.CF.CF.O=C1CCN(Cc2ccccc2)CC1.OC1(c2ccc(F)cc2)CCCCC1.OC1(c2cccc(F)c2F)CCCCC1.OC1(c2ccccc2)CCN(Cc2ccccc2)CC1.OC1(c2ccccc2F)CCCCC1.[CH2-]CCC.[Li+]. The van der Waals surface area contributed by atoms with Gasteiger partial charge in [0.1, 0.15) is 17.4 Å². The normalized spacial score (nSPS) is 16.9. The van der Waals surface area contributed by atoms with Crippen molar-refractivity contribution in [2.24, 2.45) is 0 Å². The average Bonchev–Trinajstić information content (AvgIpc) is 0.861. The van der Waals surface area contributed by atoms with Gasteiger partial charge in [-0.3, -0.25) is 23.4 Å². The van der Waals surface area contributed by atoms with Gasteiger partial charge < -0.3 is 27.3 Å². The van der Waals surface area contributed by atoms with Crippen LogP contribution in [0.4, 0.5) is 26.3 Å². The molecule has 0 unspecified atom stereocenters. The monoisotopic (exact) mass is 1390 g/mol. The van der Waals surface area contributed by atoms with Gasteiger partial charge >= 0.3 is 18.9 Å². The molecule has 0 spiro atoms. The van der Waals surface area contributed by atoms with E-state index in [2.05, 4.69) is 88.1 Å². The molecule has 0 atom stereocenters. The predicted molar refractivity (Wildman–Crippen MR) is 386 cm³/mol. The van der Waals surface area contributed by atoms with E-state index >= 15 is 0 Å². The second-order valence-corrected chi connectivity index (χ2v) is 24.9. The third-order valence-corrected chi connectivity index (χ3v) is 17.8. The summed E-state index contributed by atoms with van der Waals surface area (Å²) in [6.45, 7) is 11.4. The fraction of sp³-hybridized carbons (Fsp3) is 0.457. The standard InChI is InChI=1S/C18H21NO.C12H14F2O.2C12H15FO.C12H15NO.C6H5Br.C4H9.2CH3F.3CH4.Li/c20-18(17-9-5-2-6-10-17)11-13-19(14-12-18)15-16-7-3-1-4-8-16;13-10-6-4-5-9(11(10)14)12(15)7-2-1-3-8-12;13-11-7-3-2-6-10(11)12(14)8-4-1-5-9-12;13-11-6-4-10(5-7-11)12(14)8-2-1-3-9-12;14-12-6-8-13(9-7-12)10-11-4-2-1-3-5-11;7-6-4-2-1-3-5-6;1-3-4-2;2*1-2;;;;/h1-10,20H,11-15H2;4-6,15H,1-3,7-8H2;2-3,6-7,14H,1,4-5,8-9H2;4-7,14H,1-3,8-9H2;1-5H,6-10H2;1-5H;1,3-4H2,2H3;2*1H3;3*1H4;/q;;;;;;-1;;;;;;+1. The summed E-state index contributed by atoms with van der Waals surface area (Å²) in [5.74, 6) is -1.90. The molecule has 0 amide bonds. The summed E-state index contributed by atoms with van der Waals surface area (Å²) in [4.78, 5) is 15.8. The summed E-state index contributed by atoms with van der Waals surface area (Å²) in [5.41, 5.74) is 1.76. The first-order valence-electron chi connectivity index (χ1n) is 32.7. The van der Waals surface area contributed by atoms with Crippen molar-refractivity contribution in [1.29, 1.82) is 0 Å². The Labute approximate surface area is 594 Å². The molecule has 7 aromatic carbocycles. The van der Waals surface area contributed by atoms with E-state index in [-0.39, 0.29) is 58.3 Å². The van der Waals surface area contributed by atoms with Crippen LogP contribution in [-0.4, -0.2) is 76.5 Å². The number of aliphatic hydroxyl groups is 4. The van der Waals surface area contributed by atoms with Gasteiger partial charge in [0.2, 0.25) is 0 Å². The minimum atomic E-state index is -1.16. The largest absolute Gasteiger partial charge is 1.00 e. The van der Waals surface area contributed by atoms with Crippen LogP contribution in [0.2, 0.25) is 0 Å². The molecule has 2 heterocycles. The Kier molecular flexibility index (Phi) is 47.2. The topological polar surface area (TPSA) is 104 Å². The number of Topliss-reactive ketones (excluding diaryl/α,β-unsaturated/α-hetero) is 1. The maximum absolute atomic E-state index is 13.5. The Morgan fingerprint density at radius 2 is 0.750 bits per heavy atom. The fourth-order valence-corrected chi connectivity index (χ4v) is 12.2. The zero-order valence-corrected chi connectivity index (χ0v) is 57.0. The smallest absolute Gasteiger partial charge is 0.385 e. The van der Waals surface area contributed by atoms with Crippen molar-refractivity contribution in [3.05, 3.63) is 256 Å². The van der Waals surface area contributed by atoms with Gasteiger partial charge in [-0.1, -0.05) is 261 Å². The molecule has 0 aromatic heterocycles. The Bertz CT molecular complexity index is 3030. The first kappa shape index (κ1) is 90.6. The molecule has 5 aliphatic rings. The number of hydrogen-bond acceptors (Lipinski definition) is 7. The van der Waals surface area contributed by atoms with Gasteiger partial charge in [0.15, 0.2) is 11.6 Å². The quantitative estimate of drug-likeness (QED) is 0.0648. The Morgan fingerprint density at radius 1 is 0.417 bits per heavy atom. The van der Waals surface area contributed by atoms with Crippen LogP contribution in [0.25, 0.3) is 0 Å². The number of halogens is 7. The van der Waals surface area contributed by atoms with Crippen LogP contribution in [0, 0.1) is 30.2 Å². The molecule has 96 heavy (non-hydrogen) atoms. The van der Waals surface area contributed by atoms with Crippen LogP contribution in [0.3, 0.4) is 0 Å². The molecule has 15 heteroatoms. The molecule has 5 fully saturated rings. The van der Waals surface area contributed by atoms with Gasteiger partial charge in [-0.2, -0.15) is 6.42 Å². The van der Waals surface area contributed by atoms with Crippen LogP contribution in [0.15, 0.2) is 193 Å². The van der Waals surface area contributed by atoms with Crippen molar-refractivity contribution >= 4 is 21.7 Å². The number of piperidine rings is 2. The van der Waals surface area contributed by atoms with Crippen LogP contribution in [0.5, 0.6) is 0 Å². The van der Waals surface area contributed by atoms with Gasteiger partial charge in [0.25, 0.3) is 0 Å². The van der Waals surface area contributed by atoms with Gasteiger partial charge in [-0.25, -0.2) is 17.6 Å². The van der Waals surface area contributed by atoms with E-state index in [1.54, 1.807) is 30.3 Å². The van der Waals surface area contributed by atoms with E-state index in [0.29, 0.717) is 51.4 Å². The summed E-state index contributed by atoms with van der Waals surface area (Å²) >= 11 is 3.31. The van der Waals surface area contributed by atoms with Gasteiger partial charge in [-0.15, -0.1) is 0 Å². The Morgan fingerprint density at radius 3 is 1.16 bits per heavy atom. The first-order chi connectivity index (χ1) is 44.5. The number of unbranched alkanes of at least 4 members (excludes halogenated alkanes) is 1. The number of rotatable bonds is 9. The fourth-order valence-electron chi connectivity index (χ4n) is 11.9. The molecular weight excluding hydrogens is 1280 g/mol. The summed E-state index contributed by atoms with van der Waals surface area (Å²) < 4.78 is 72.8.